The Bertz CT molecular complexity index is 585. The highest BCUT2D eigenvalue weighted by Crippen LogP contribution is 2.13. The Hall–Kier alpha value is -2.03. The average Bonchev–Trinajstić information content (AvgIpc) is 2.33. The Morgan fingerprint density at radius 2 is 1.82 bits per heavy atom. The van der Waals surface area contributed by atoms with Gasteiger partial charge in [-0.05, 0) is 25.0 Å². The van der Waals surface area contributed by atoms with E-state index >= 15 is 0 Å². The number of aromatic hydroxyl groups is 1. The standard InChI is InChI=1S/C14H15NO2/c1-10-8-13(16)15(14(17)11(10)2)9-12-6-4-3-5-7-12/h3-8,16H,9H2,1-2H3. The van der Waals surface area contributed by atoms with Crippen molar-refractivity contribution < 1.29 is 5.11 Å². The van der Waals surface area contributed by atoms with E-state index in [4.69, 9.17) is 0 Å². The zero-order valence-corrected chi connectivity index (χ0v) is 9.97. The number of hydrogen-bond acceptors (Lipinski definition) is 2. The number of nitrogens with zero attached hydrogens (tertiary/aromatic N) is 1. The van der Waals surface area contributed by atoms with Crippen molar-refractivity contribution in [2.45, 2.75) is 20.4 Å². The molecule has 2 aromatic rings. The van der Waals surface area contributed by atoms with E-state index in [1.165, 1.54) is 4.57 Å². The zero-order valence-electron chi connectivity index (χ0n) is 9.97. The van der Waals surface area contributed by atoms with Crippen LogP contribution in [0.5, 0.6) is 5.88 Å². The van der Waals surface area contributed by atoms with E-state index in [0.717, 1.165) is 11.1 Å². The van der Waals surface area contributed by atoms with Gasteiger partial charge in [-0.15, -0.1) is 0 Å². The maximum absolute atomic E-state index is 12.0. The molecule has 0 spiro atoms. The van der Waals surface area contributed by atoms with Crippen LogP contribution < -0.4 is 5.56 Å². The predicted octanol–water partition coefficient (Wildman–Crippen LogP) is 2.22. The third kappa shape index (κ3) is 2.23. The van der Waals surface area contributed by atoms with Gasteiger partial charge in [0, 0.05) is 11.6 Å². The molecule has 0 saturated heterocycles. The molecule has 0 aliphatic carbocycles. The first-order valence-corrected chi connectivity index (χ1v) is 5.53. The highest BCUT2D eigenvalue weighted by atomic mass is 16.3. The second-order valence-electron chi connectivity index (χ2n) is 4.19. The van der Waals surface area contributed by atoms with Crippen molar-refractivity contribution in [2.75, 3.05) is 0 Å². The zero-order chi connectivity index (χ0) is 12.4. The number of rotatable bonds is 2. The Morgan fingerprint density at radius 1 is 1.18 bits per heavy atom. The monoisotopic (exact) mass is 229 g/mol. The largest absolute Gasteiger partial charge is 0.494 e. The summed E-state index contributed by atoms with van der Waals surface area (Å²) in [6.07, 6.45) is 0. The molecule has 0 unspecified atom stereocenters. The molecule has 0 radical (unpaired) electrons. The number of benzene rings is 1. The fraction of sp³-hybridized carbons (Fsp3) is 0.214. The lowest BCUT2D eigenvalue weighted by Crippen LogP contribution is -2.23. The van der Waals surface area contributed by atoms with Crippen molar-refractivity contribution in [3.05, 3.63) is 63.4 Å². The second-order valence-corrected chi connectivity index (χ2v) is 4.19. The van der Waals surface area contributed by atoms with E-state index in [1.807, 2.05) is 37.3 Å². The van der Waals surface area contributed by atoms with Crippen LogP contribution in [0.25, 0.3) is 0 Å². The van der Waals surface area contributed by atoms with Crippen molar-refractivity contribution in [1.82, 2.24) is 4.57 Å². The summed E-state index contributed by atoms with van der Waals surface area (Å²) >= 11 is 0. The fourth-order valence-corrected chi connectivity index (χ4v) is 1.77. The molecule has 0 atom stereocenters. The molecule has 0 amide bonds. The van der Waals surface area contributed by atoms with Gasteiger partial charge in [0.1, 0.15) is 0 Å². The van der Waals surface area contributed by atoms with Crippen LogP contribution in [0.4, 0.5) is 0 Å². The van der Waals surface area contributed by atoms with Crippen LogP contribution in [0.2, 0.25) is 0 Å². The van der Waals surface area contributed by atoms with Crippen molar-refractivity contribution in [3.63, 3.8) is 0 Å². The van der Waals surface area contributed by atoms with Gasteiger partial charge in [0.15, 0.2) is 5.88 Å². The third-order valence-corrected chi connectivity index (χ3v) is 2.96. The first-order chi connectivity index (χ1) is 8.09. The van der Waals surface area contributed by atoms with E-state index in [-0.39, 0.29) is 11.4 Å². The van der Waals surface area contributed by atoms with Crippen LogP contribution >= 0.6 is 0 Å². The third-order valence-electron chi connectivity index (χ3n) is 2.96. The van der Waals surface area contributed by atoms with Crippen LogP contribution in [-0.4, -0.2) is 9.67 Å². The normalized spacial score (nSPS) is 10.5. The number of aromatic nitrogens is 1. The van der Waals surface area contributed by atoms with Gasteiger partial charge >= 0.3 is 0 Å². The van der Waals surface area contributed by atoms with Gasteiger partial charge in [-0.3, -0.25) is 9.36 Å². The maximum Gasteiger partial charge on any atom is 0.256 e. The van der Waals surface area contributed by atoms with E-state index in [0.29, 0.717) is 12.1 Å². The molecule has 88 valence electrons. The van der Waals surface area contributed by atoms with Gasteiger partial charge in [-0.1, -0.05) is 30.3 Å². The molecule has 17 heavy (non-hydrogen) atoms. The lowest BCUT2D eigenvalue weighted by molar-refractivity contribution is 0.413. The van der Waals surface area contributed by atoms with Crippen molar-refractivity contribution >= 4 is 0 Å². The second kappa shape index (κ2) is 4.45. The lowest BCUT2D eigenvalue weighted by atomic mass is 10.1. The maximum atomic E-state index is 12.0. The summed E-state index contributed by atoms with van der Waals surface area (Å²) in [6.45, 7) is 3.99. The Labute approximate surface area is 100.0 Å². The molecule has 0 aliphatic rings. The molecule has 3 nitrogen and oxygen atoms in total. The van der Waals surface area contributed by atoms with Gasteiger partial charge in [-0.25, -0.2) is 0 Å². The molecule has 1 aromatic carbocycles. The number of aryl methyl sites for hydroxylation is 1. The summed E-state index contributed by atoms with van der Waals surface area (Å²) in [5.41, 5.74) is 2.36. The number of hydrogen-bond donors (Lipinski definition) is 1. The van der Waals surface area contributed by atoms with E-state index in [1.54, 1.807) is 13.0 Å². The minimum absolute atomic E-state index is 0.0157. The topological polar surface area (TPSA) is 42.2 Å². The van der Waals surface area contributed by atoms with Gasteiger partial charge in [0.2, 0.25) is 0 Å². The summed E-state index contributed by atoms with van der Waals surface area (Å²) in [5, 5.41) is 9.82. The quantitative estimate of drug-likeness (QED) is 0.858. The Kier molecular flexibility index (Phi) is 3.00. The van der Waals surface area contributed by atoms with Crippen LogP contribution in [0.1, 0.15) is 16.7 Å². The van der Waals surface area contributed by atoms with E-state index < -0.39 is 0 Å². The smallest absolute Gasteiger partial charge is 0.256 e. The predicted molar refractivity (Wildman–Crippen MR) is 67.4 cm³/mol. The minimum atomic E-state index is -0.133. The van der Waals surface area contributed by atoms with Gasteiger partial charge in [0.25, 0.3) is 5.56 Å². The first kappa shape index (κ1) is 11.5. The summed E-state index contributed by atoms with van der Waals surface area (Å²) in [4.78, 5) is 12.0. The molecular formula is C14H15NO2. The molecule has 2 rings (SSSR count). The van der Waals surface area contributed by atoms with Crippen LogP contribution in [-0.2, 0) is 6.54 Å². The number of pyridine rings is 1. The fourth-order valence-electron chi connectivity index (χ4n) is 1.77. The van der Waals surface area contributed by atoms with Crippen LogP contribution in [0, 0.1) is 13.8 Å². The molecular weight excluding hydrogens is 214 g/mol. The Balaban J connectivity index is 2.47. The van der Waals surface area contributed by atoms with Crippen LogP contribution in [0.3, 0.4) is 0 Å². The van der Waals surface area contributed by atoms with E-state index in [2.05, 4.69) is 0 Å². The SMILES string of the molecule is Cc1cc(O)n(Cc2ccccc2)c(=O)c1C. The van der Waals surface area contributed by atoms with Crippen molar-refractivity contribution in [1.29, 1.82) is 0 Å². The molecule has 1 N–H and O–H groups in total. The van der Waals surface area contributed by atoms with Crippen molar-refractivity contribution in [3.8, 4) is 5.88 Å². The van der Waals surface area contributed by atoms with E-state index in [9.17, 15) is 9.90 Å². The summed E-state index contributed by atoms with van der Waals surface area (Å²) in [5.74, 6) is 0.0157. The lowest BCUT2D eigenvalue weighted by Gasteiger charge is -2.11. The summed E-state index contributed by atoms with van der Waals surface area (Å²) in [6, 6.07) is 11.2. The summed E-state index contributed by atoms with van der Waals surface area (Å²) in [7, 11) is 0. The van der Waals surface area contributed by atoms with Gasteiger partial charge < -0.3 is 5.11 Å². The molecule has 3 heteroatoms. The molecule has 0 fully saturated rings. The molecule has 0 saturated carbocycles. The highest BCUT2D eigenvalue weighted by molar-refractivity contribution is 5.29. The molecule has 0 bridgehead atoms. The Morgan fingerprint density at radius 3 is 2.47 bits per heavy atom. The highest BCUT2D eigenvalue weighted by Gasteiger charge is 2.08. The minimum Gasteiger partial charge on any atom is -0.494 e. The molecule has 1 heterocycles. The molecule has 1 aromatic heterocycles. The molecule has 0 aliphatic heterocycles. The van der Waals surface area contributed by atoms with Gasteiger partial charge in [-0.2, -0.15) is 0 Å². The first-order valence-electron chi connectivity index (χ1n) is 5.53. The van der Waals surface area contributed by atoms with Crippen molar-refractivity contribution in [2.24, 2.45) is 0 Å². The van der Waals surface area contributed by atoms with Crippen LogP contribution in [0.15, 0.2) is 41.2 Å². The summed E-state index contributed by atoms with van der Waals surface area (Å²) < 4.78 is 1.39. The van der Waals surface area contributed by atoms with Gasteiger partial charge in [0.05, 0.1) is 6.54 Å². The average molecular weight is 229 g/mol.